The Morgan fingerprint density at radius 1 is 1.00 bits per heavy atom. The maximum Gasteiger partial charge on any atom is 0.185 e. The Labute approximate surface area is 100 Å². The van der Waals surface area contributed by atoms with Crippen LogP contribution in [0, 0.1) is 35.0 Å². The molecule has 0 saturated heterocycles. The minimum absolute atomic E-state index is 0.510. The maximum absolute atomic E-state index is 9.09. The SMILES string of the molecule is N#Cc1n[nH]nc1C1C2CC3CC(C2)CC1C3. The van der Waals surface area contributed by atoms with Gasteiger partial charge in [0.15, 0.2) is 5.69 Å². The Balaban J connectivity index is 1.73. The first kappa shape index (κ1) is 9.64. The van der Waals surface area contributed by atoms with E-state index in [2.05, 4.69) is 21.5 Å². The van der Waals surface area contributed by atoms with Crippen LogP contribution in [0.25, 0.3) is 0 Å². The average molecular weight is 228 g/mol. The van der Waals surface area contributed by atoms with Crippen LogP contribution in [0.1, 0.15) is 49.4 Å². The third-order valence-corrected chi connectivity index (χ3v) is 5.22. The van der Waals surface area contributed by atoms with Crippen LogP contribution in [0.5, 0.6) is 0 Å². The Kier molecular flexibility index (Phi) is 1.88. The van der Waals surface area contributed by atoms with Gasteiger partial charge in [0.1, 0.15) is 11.8 Å². The monoisotopic (exact) mass is 228 g/mol. The molecule has 1 aromatic heterocycles. The lowest BCUT2D eigenvalue weighted by molar-refractivity contribution is -0.00426. The van der Waals surface area contributed by atoms with Crippen molar-refractivity contribution >= 4 is 0 Å². The van der Waals surface area contributed by atoms with Crippen molar-refractivity contribution in [1.82, 2.24) is 15.4 Å². The third kappa shape index (κ3) is 1.28. The Morgan fingerprint density at radius 2 is 1.65 bits per heavy atom. The number of nitrogens with zero attached hydrogens (tertiary/aromatic N) is 3. The molecule has 4 saturated carbocycles. The number of rotatable bonds is 1. The van der Waals surface area contributed by atoms with Crippen LogP contribution >= 0.6 is 0 Å². The Bertz CT molecular complexity index is 456. The van der Waals surface area contributed by atoms with Crippen LogP contribution in [-0.4, -0.2) is 15.4 Å². The molecule has 1 heterocycles. The summed E-state index contributed by atoms with van der Waals surface area (Å²) in [7, 11) is 0. The fourth-order valence-corrected chi connectivity index (χ4v) is 4.93. The molecule has 0 atom stereocenters. The van der Waals surface area contributed by atoms with Crippen molar-refractivity contribution in [3.05, 3.63) is 11.4 Å². The molecule has 0 aliphatic heterocycles. The number of hydrogen-bond donors (Lipinski definition) is 1. The van der Waals surface area contributed by atoms with Gasteiger partial charge >= 0.3 is 0 Å². The second kappa shape index (κ2) is 3.32. The summed E-state index contributed by atoms with van der Waals surface area (Å²) in [6.45, 7) is 0. The molecule has 0 radical (unpaired) electrons. The van der Waals surface area contributed by atoms with Crippen molar-refractivity contribution in [3.8, 4) is 6.07 Å². The number of nitrogens with one attached hydrogen (secondary N) is 1. The van der Waals surface area contributed by atoms with Gasteiger partial charge in [-0.2, -0.15) is 15.6 Å². The molecule has 4 bridgehead atoms. The van der Waals surface area contributed by atoms with Crippen LogP contribution < -0.4 is 0 Å². The smallest absolute Gasteiger partial charge is 0.185 e. The summed E-state index contributed by atoms with van der Waals surface area (Å²) in [5.41, 5.74) is 1.49. The molecule has 4 aliphatic carbocycles. The first-order chi connectivity index (χ1) is 8.35. The largest absolute Gasteiger partial charge is 0.196 e. The zero-order chi connectivity index (χ0) is 11.4. The Hall–Kier alpha value is -1.37. The van der Waals surface area contributed by atoms with Crippen LogP contribution in [-0.2, 0) is 0 Å². The van der Waals surface area contributed by atoms with Crippen molar-refractivity contribution < 1.29 is 0 Å². The van der Waals surface area contributed by atoms with Gasteiger partial charge in [-0.15, -0.1) is 5.10 Å². The molecule has 0 spiro atoms. The molecule has 1 aromatic rings. The maximum atomic E-state index is 9.09. The number of aromatic nitrogens is 3. The summed E-state index contributed by atoms with van der Waals surface area (Å²) in [5.74, 6) is 3.97. The molecule has 4 aliphatic rings. The fraction of sp³-hybridized carbons (Fsp3) is 0.769. The zero-order valence-corrected chi connectivity index (χ0v) is 9.76. The number of aromatic amines is 1. The lowest BCUT2D eigenvalue weighted by Gasteiger charge is -2.53. The molecule has 4 nitrogen and oxygen atoms in total. The predicted molar refractivity (Wildman–Crippen MR) is 60.9 cm³/mol. The molecular weight excluding hydrogens is 212 g/mol. The predicted octanol–water partition coefficient (Wildman–Crippen LogP) is 2.22. The summed E-state index contributed by atoms with van der Waals surface area (Å²) in [6.07, 6.45) is 6.89. The van der Waals surface area contributed by atoms with E-state index in [0.717, 1.165) is 29.4 Å². The van der Waals surface area contributed by atoms with E-state index in [1.54, 1.807) is 0 Å². The van der Waals surface area contributed by atoms with Crippen LogP contribution in [0.3, 0.4) is 0 Å². The van der Waals surface area contributed by atoms with E-state index in [1.165, 1.54) is 32.1 Å². The molecule has 4 heteroatoms. The molecule has 1 N–H and O–H groups in total. The van der Waals surface area contributed by atoms with Crippen molar-refractivity contribution in [2.24, 2.45) is 23.7 Å². The van der Waals surface area contributed by atoms with E-state index >= 15 is 0 Å². The van der Waals surface area contributed by atoms with E-state index in [0.29, 0.717) is 11.6 Å². The summed E-state index contributed by atoms with van der Waals surface area (Å²) in [5, 5.41) is 20.0. The number of hydrogen-bond acceptors (Lipinski definition) is 3. The summed E-state index contributed by atoms with van der Waals surface area (Å²) < 4.78 is 0. The van der Waals surface area contributed by atoms with Gasteiger partial charge in [-0.25, -0.2) is 0 Å². The van der Waals surface area contributed by atoms with Crippen molar-refractivity contribution in [1.29, 1.82) is 5.26 Å². The highest BCUT2D eigenvalue weighted by Gasteiger charge is 2.50. The molecule has 5 rings (SSSR count). The zero-order valence-electron chi connectivity index (χ0n) is 9.76. The summed E-state index contributed by atoms with van der Waals surface area (Å²) in [4.78, 5) is 0. The van der Waals surface area contributed by atoms with Gasteiger partial charge in [-0.05, 0) is 55.8 Å². The first-order valence-electron chi connectivity index (χ1n) is 6.66. The van der Waals surface area contributed by atoms with E-state index in [-0.39, 0.29) is 0 Å². The van der Waals surface area contributed by atoms with E-state index in [4.69, 9.17) is 5.26 Å². The van der Waals surface area contributed by atoms with E-state index < -0.39 is 0 Å². The molecule has 0 amide bonds. The van der Waals surface area contributed by atoms with Crippen molar-refractivity contribution in [3.63, 3.8) is 0 Å². The number of H-pyrrole nitrogens is 1. The molecular formula is C13H16N4. The molecule has 4 fully saturated rings. The van der Waals surface area contributed by atoms with E-state index in [9.17, 15) is 0 Å². The molecule has 0 unspecified atom stereocenters. The highest BCUT2D eigenvalue weighted by Crippen LogP contribution is 2.59. The average Bonchev–Trinajstić information content (AvgIpc) is 2.75. The minimum atomic E-state index is 0.510. The highest BCUT2D eigenvalue weighted by atomic mass is 15.3. The minimum Gasteiger partial charge on any atom is -0.196 e. The van der Waals surface area contributed by atoms with Crippen molar-refractivity contribution in [2.45, 2.75) is 38.0 Å². The molecule has 17 heavy (non-hydrogen) atoms. The summed E-state index contributed by atoms with van der Waals surface area (Å²) in [6, 6.07) is 2.18. The number of nitriles is 1. The van der Waals surface area contributed by atoms with Crippen LogP contribution in [0.15, 0.2) is 0 Å². The lowest BCUT2D eigenvalue weighted by atomic mass is 9.51. The van der Waals surface area contributed by atoms with Gasteiger partial charge in [0.05, 0.1) is 0 Å². The van der Waals surface area contributed by atoms with Gasteiger partial charge < -0.3 is 0 Å². The standard InChI is InChI=1S/C13H16N4/c14-6-11-13(16-17-15-11)12-9-2-7-1-8(4-9)5-10(12)3-7/h7-10,12H,1-5H2,(H,15,16,17). The first-order valence-corrected chi connectivity index (χ1v) is 6.66. The van der Waals surface area contributed by atoms with Crippen LogP contribution in [0.4, 0.5) is 0 Å². The molecule has 0 aromatic carbocycles. The van der Waals surface area contributed by atoms with Gasteiger partial charge in [-0.3, -0.25) is 0 Å². The molecule has 88 valence electrons. The van der Waals surface area contributed by atoms with Gasteiger partial charge in [0, 0.05) is 5.92 Å². The topological polar surface area (TPSA) is 65.4 Å². The lowest BCUT2D eigenvalue weighted by Crippen LogP contribution is -2.44. The third-order valence-electron chi connectivity index (χ3n) is 5.22. The van der Waals surface area contributed by atoms with Gasteiger partial charge in [0.2, 0.25) is 0 Å². The fourth-order valence-electron chi connectivity index (χ4n) is 4.93. The second-order valence-electron chi connectivity index (χ2n) is 6.13. The Morgan fingerprint density at radius 3 is 2.24 bits per heavy atom. The highest BCUT2D eigenvalue weighted by molar-refractivity contribution is 5.29. The second-order valence-corrected chi connectivity index (χ2v) is 6.13. The van der Waals surface area contributed by atoms with E-state index in [1.807, 2.05) is 0 Å². The quantitative estimate of drug-likeness (QED) is 0.801. The van der Waals surface area contributed by atoms with Crippen molar-refractivity contribution in [2.75, 3.05) is 0 Å². The van der Waals surface area contributed by atoms with Gasteiger partial charge in [0.25, 0.3) is 0 Å². The summed E-state index contributed by atoms with van der Waals surface area (Å²) >= 11 is 0. The normalized spacial score (nSPS) is 42.6. The van der Waals surface area contributed by atoms with Gasteiger partial charge in [-0.1, -0.05) is 0 Å². The van der Waals surface area contributed by atoms with Crippen LogP contribution in [0.2, 0.25) is 0 Å².